The number of thiazole rings is 1. The summed E-state index contributed by atoms with van der Waals surface area (Å²) in [6.07, 6.45) is 1.71. The number of hydrogen-bond donors (Lipinski definition) is 1. The molecule has 0 spiro atoms. The molecule has 0 radical (unpaired) electrons. The van der Waals surface area contributed by atoms with Crippen LogP contribution in [-0.4, -0.2) is 30.4 Å². The summed E-state index contributed by atoms with van der Waals surface area (Å²) in [6, 6.07) is 9.68. The monoisotopic (exact) mass is 412 g/mol. The van der Waals surface area contributed by atoms with E-state index in [0.717, 1.165) is 5.69 Å². The molecule has 9 nitrogen and oxygen atoms in total. The minimum atomic E-state index is -0.511. The number of anilines is 1. The van der Waals surface area contributed by atoms with Gasteiger partial charge in [-0.25, -0.2) is 4.98 Å². The number of fused-ring (bicyclic) bond motifs is 1. The zero-order valence-corrected chi connectivity index (χ0v) is 16.0. The number of pyridine rings is 1. The average Bonchev–Trinajstić information content (AvgIpc) is 3.28. The summed E-state index contributed by atoms with van der Waals surface area (Å²) in [7, 11) is 0. The molecule has 3 heterocycles. The number of nitrogens with zero attached hydrogens (tertiary/aromatic N) is 5. The molecule has 0 aliphatic rings. The van der Waals surface area contributed by atoms with Crippen LogP contribution in [0.15, 0.2) is 57.2 Å². The third kappa shape index (κ3) is 3.57. The Hall–Kier alpha value is -3.31. The highest BCUT2D eigenvalue weighted by atomic mass is 32.2. The normalized spacial score (nSPS) is 10.9. The van der Waals surface area contributed by atoms with Gasteiger partial charge in [-0.05, 0) is 31.2 Å². The first-order chi connectivity index (χ1) is 13.5. The number of rotatable bonds is 5. The molecule has 1 aromatic carbocycles. The Balaban J connectivity index is 1.61. The van der Waals surface area contributed by atoms with E-state index < -0.39 is 10.8 Å². The largest absolute Gasteiger partial charge is 0.290 e. The van der Waals surface area contributed by atoms with Gasteiger partial charge in [0.05, 0.1) is 9.82 Å². The van der Waals surface area contributed by atoms with Gasteiger partial charge in [0.25, 0.3) is 11.6 Å². The fourth-order valence-corrected chi connectivity index (χ4v) is 4.34. The first-order valence-corrected chi connectivity index (χ1v) is 9.70. The standard InChI is InChI=1S/C17H12N6O3S2/c1-10-9-27-17(18-10)28-13-6-5-11(8-12(13)23(25)26)15(24)19-16-21-20-14-4-2-3-7-22(14)16/h2-9H,1H3,(H,19,21,24). The molecule has 0 saturated heterocycles. The zero-order valence-electron chi connectivity index (χ0n) is 14.4. The van der Waals surface area contributed by atoms with E-state index in [2.05, 4.69) is 20.5 Å². The van der Waals surface area contributed by atoms with Crippen molar-refractivity contribution in [1.82, 2.24) is 19.6 Å². The van der Waals surface area contributed by atoms with E-state index in [0.29, 0.717) is 14.9 Å². The fraction of sp³-hybridized carbons (Fsp3) is 0.0588. The Morgan fingerprint density at radius 1 is 1.29 bits per heavy atom. The summed E-state index contributed by atoms with van der Waals surface area (Å²) >= 11 is 2.61. The van der Waals surface area contributed by atoms with Crippen molar-refractivity contribution in [3.05, 3.63) is 69.3 Å². The number of amides is 1. The maximum absolute atomic E-state index is 12.6. The van der Waals surface area contributed by atoms with E-state index in [4.69, 9.17) is 0 Å². The predicted molar refractivity (Wildman–Crippen MR) is 105 cm³/mol. The van der Waals surface area contributed by atoms with Gasteiger partial charge in [-0.2, -0.15) is 0 Å². The average molecular weight is 412 g/mol. The van der Waals surface area contributed by atoms with Crippen molar-refractivity contribution in [2.75, 3.05) is 5.32 Å². The van der Waals surface area contributed by atoms with E-state index >= 15 is 0 Å². The molecule has 0 aliphatic carbocycles. The minimum Gasteiger partial charge on any atom is -0.290 e. The number of nitro benzene ring substituents is 1. The molecular weight excluding hydrogens is 400 g/mol. The van der Waals surface area contributed by atoms with Gasteiger partial charge in [0.2, 0.25) is 5.95 Å². The SMILES string of the molecule is Cc1csc(Sc2ccc(C(=O)Nc3nnc4ccccn34)cc2[N+](=O)[O-])n1. The molecule has 0 saturated carbocycles. The highest BCUT2D eigenvalue weighted by molar-refractivity contribution is 8.01. The summed E-state index contributed by atoms with van der Waals surface area (Å²) < 4.78 is 2.31. The molecule has 0 fully saturated rings. The number of benzene rings is 1. The van der Waals surface area contributed by atoms with Crippen molar-refractivity contribution < 1.29 is 9.72 Å². The van der Waals surface area contributed by atoms with Crippen molar-refractivity contribution in [2.45, 2.75) is 16.2 Å². The second-order valence-corrected chi connectivity index (χ2v) is 7.85. The van der Waals surface area contributed by atoms with Gasteiger partial charge in [0.15, 0.2) is 9.99 Å². The van der Waals surface area contributed by atoms with Crippen LogP contribution in [0, 0.1) is 17.0 Å². The summed E-state index contributed by atoms with van der Waals surface area (Å²) in [5, 5.41) is 23.9. The maximum Gasteiger partial charge on any atom is 0.284 e. The molecule has 28 heavy (non-hydrogen) atoms. The lowest BCUT2D eigenvalue weighted by molar-refractivity contribution is -0.387. The highest BCUT2D eigenvalue weighted by Crippen LogP contribution is 2.36. The van der Waals surface area contributed by atoms with Crippen LogP contribution in [0.3, 0.4) is 0 Å². The van der Waals surface area contributed by atoms with E-state index in [1.54, 1.807) is 34.9 Å². The van der Waals surface area contributed by atoms with Crippen LogP contribution in [0.4, 0.5) is 11.6 Å². The fourth-order valence-electron chi connectivity index (χ4n) is 2.46. The number of hydrogen-bond acceptors (Lipinski definition) is 8. The molecule has 1 N–H and O–H groups in total. The number of aromatic nitrogens is 4. The molecule has 0 aliphatic heterocycles. The van der Waals surface area contributed by atoms with Gasteiger partial charge < -0.3 is 0 Å². The van der Waals surface area contributed by atoms with Crippen LogP contribution in [-0.2, 0) is 0 Å². The first kappa shape index (κ1) is 18.1. The van der Waals surface area contributed by atoms with Gasteiger partial charge in [-0.1, -0.05) is 17.8 Å². The molecule has 0 atom stereocenters. The van der Waals surface area contributed by atoms with Crippen LogP contribution in [0.25, 0.3) is 5.65 Å². The topological polar surface area (TPSA) is 115 Å². The Morgan fingerprint density at radius 3 is 2.89 bits per heavy atom. The molecule has 1 amide bonds. The summed E-state index contributed by atoms with van der Waals surface area (Å²) in [5.41, 5.74) is 1.43. The number of nitro groups is 1. The van der Waals surface area contributed by atoms with Crippen LogP contribution in [0.1, 0.15) is 16.1 Å². The van der Waals surface area contributed by atoms with Crippen molar-refractivity contribution >= 4 is 46.3 Å². The molecule has 0 bridgehead atoms. The molecule has 140 valence electrons. The number of carbonyl (C=O) groups is 1. The lowest BCUT2D eigenvalue weighted by atomic mass is 10.2. The first-order valence-electron chi connectivity index (χ1n) is 8.01. The summed E-state index contributed by atoms with van der Waals surface area (Å²) in [4.78, 5) is 28.3. The van der Waals surface area contributed by atoms with Gasteiger partial charge in [0, 0.05) is 28.9 Å². The second kappa shape index (κ2) is 7.37. The minimum absolute atomic E-state index is 0.152. The van der Waals surface area contributed by atoms with Crippen molar-refractivity contribution in [2.24, 2.45) is 0 Å². The Morgan fingerprint density at radius 2 is 2.14 bits per heavy atom. The molecule has 3 aromatic heterocycles. The van der Waals surface area contributed by atoms with Crippen LogP contribution in [0.2, 0.25) is 0 Å². The van der Waals surface area contributed by atoms with Gasteiger partial charge >= 0.3 is 0 Å². The van der Waals surface area contributed by atoms with E-state index in [-0.39, 0.29) is 17.2 Å². The van der Waals surface area contributed by atoms with Crippen LogP contribution >= 0.6 is 23.1 Å². The van der Waals surface area contributed by atoms with Crippen LogP contribution < -0.4 is 5.32 Å². The van der Waals surface area contributed by atoms with Gasteiger partial charge in [-0.15, -0.1) is 21.5 Å². The third-order valence-electron chi connectivity index (χ3n) is 3.75. The van der Waals surface area contributed by atoms with E-state index in [9.17, 15) is 14.9 Å². The van der Waals surface area contributed by atoms with E-state index in [1.807, 2.05) is 12.3 Å². The molecule has 11 heteroatoms. The number of nitrogens with one attached hydrogen (secondary N) is 1. The quantitative estimate of drug-likeness (QED) is 0.391. The van der Waals surface area contributed by atoms with Gasteiger partial charge in [0.1, 0.15) is 0 Å². The van der Waals surface area contributed by atoms with Crippen molar-refractivity contribution in [1.29, 1.82) is 0 Å². The molecule has 0 unspecified atom stereocenters. The smallest absolute Gasteiger partial charge is 0.284 e. The maximum atomic E-state index is 12.6. The Bertz CT molecular complexity index is 1200. The lowest BCUT2D eigenvalue weighted by Crippen LogP contribution is -2.14. The summed E-state index contributed by atoms with van der Waals surface area (Å²) in [6.45, 7) is 1.86. The second-order valence-electron chi connectivity index (χ2n) is 5.70. The zero-order chi connectivity index (χ0) is 19.7. The summed E-state index contributed by atoms with van der Waals surface area (Å²) in [5.74, 6) is -0.275. The highest BCUT2D eigenvalue weighted by Gasteiger charge is 2.20. The predicted octanol–water partition coefficient (Wildman–Crippen LogP) is 3.81. The molecule has 4 rings (SSSR count). The van der Waals surface area contributed by atoms with Crippen molar-refractivity contribution in [3.63, 3.8) is 0 Å². The Labute approximate surface area is 166 Å². The van der Waals surface area contributed by atoms with Crippen molar-refractivity contribution in [3.8, 4) is 0 Å². The van der Waals surface area contributed by atoms with E-state index in [1.165, 1.54) is 35.2 Å². The third-order valence-corrected chi connectivity index (χ3v) is 5.87. The molecular formula is C17H12N6O3S2. The Kier molecular flexibility index (Phi) is 4.75. The van der Waals surface area contributed by atoms with Crippen LogP contribution in [0.5, 0.6) is 0 Å². The lowest BCUT2D eigenvalue weighted by Gasteiger charge is -2.05. The number of aryl methyl sites for hydroxylation is 1. The van der Waals surface area contributed by atoms with Gasteiger partial charge in [-0.3, -0.25) is 24.6 Å². The molecule has 4 aromatic rings. The number of carbonyl (C=O) groups excluding carboxylic acids is 1.